The first kappa shape index (κ1) is 18.5. The van der Waals surface area contributed by atoms with E-state index < -0.39 is 0 Å². The van der Waals surface area contributed by atoms with E-state index in [1.165, 1.54) is 11.1 Å². The number of amides is 2. The van der Waals surface area contributed by atoms with Crippen LogP contribution in [0.25, 0.3) is 0 Å². The van der Waals surface area contributed by atoms with Crippen LogP contribution in [-0.2, 0) is 19.6 Å². The van der Waals surface area contributed by atoms with Crippen molar-refractivity contribution in [3.63, 3.8) is 0 Å². The Kier molecular flexibility index (Phi) is 6.68. The molecule has 2 heterocycles. The molecule has 3 rings (SSSR count). The Balaban J connectivity index is 1.48. The molecule has 2 N–H and O–H groups in total. The minimum absolute atomic E-state index is 0.187. The monoisotopic (exact) mass is 356 g/mol. The summed E-state index contributed by atoms with van der Waals surface area (Å²) in [6, 6.07) is 11.8. The number of carbonyl (C=O) groups is 1. The molecular weight excluding hydrogens is 328 g/mol. The normalized spacial score (nSPS) is 15.7. The van der Waals surface area contributed by atoms with Gasteiger partial charge in [0.05, 0.1) is 12.8 Å². The average molecular weight is 356 g/mol. The van der Waals surface area contributed by atoms with E-state index in [4.69, 9.17) is 4.42 Å². The van der Waals surface area contributed by atoms with E-state index in [0.717, 1.165) is 45.0 Å². The van der Waals surface area contributed by atoms with Crippen molar-refractivity contribution in [3.8, 4) is 0 Å². The topological polar surface area (TPSA) is 60.8 Å². The fourth-order valence-electron chi connectivity index (χ4n) is 3.21. The molecule has 140 valence electrons. The minimum Gasteiger partial charge on any atom is -0.467 e. The van der Waals surface area contributed by atoms with Crippen LogP contribution < -0.4 is 10.6 Å². The van der Waals surface area contributed by atoms with Crippen molar-refractivity contribution in [3.05, 3.63) is 59.5 Å². The van der Waals surface area contributed by atoms with Gasteiger partial charge in [0.15, 0.2) is 0 Å². The summed E-state index contributed by atoms with van der Waals surface area (Å²) in [6.45, 7) is 9.65. The molecule has 6 heteroatoms. The van der Waals surface area contributed by atoms with Crippen LogP contribution in [0.2, 0.25) is 0 Å². The van der Waals surface area contributed by atoms with Crippen LogP contribution in [0.15, 0.2) is 47.1 Å². The van der Waals surface area contributed by atoms with E-state index in [9.17, 15) is 4.79 Å². The van der Waals surface area contributed by atoms with Gasteiger partial charge in [-0.05, 0) is 29.8 Å². The molecule has 0 atom stereocenters. The molecule has 1 aromatic carbocycles. The summed E-state index contributed by atoms with van der Waals surface area (Å²) in [7, 11) is 0. The molecule has 2 amide bonds. The number of nitrogens with zero attached hydrogens (tertiary/aromatic N) is 2. The van der Waals surface area contributed by atoms with E-state index >= 15 is 0 Å². The lowest BCUT2D eigenvalue weighted by atomic mass is 10.1. The molecule has 0 radical (unpaired) electrons. The number of nitrogens with one attached hydrogen (secondary N) is 2. The fourth-order valence-corrected chi connectivity index (χ4v) is 3.21. The first-order chi connectivity index (χ1) is 12.7. The van der Waals surface area contributed by atoms with Gasteiger partial charge < -0.3 is 20.0 Å². The maximum Gasteiger partial charge on any atom is 0.315 e. The van der Waals surface area contributed by atoms with E-state index in [-0.39, 0.29) is 6.03 Å². The standard InChI is InChI=1S/C20H28N4O2/c1-2-23-9-11-24(12-10-23)16-18-7-4-3-6-17(18)14-21-20(25)22-15-19-8-5-13-26-19/h3-8,13H,2,9-12,14-16H2,1H3,(H2,21,22,25). The quantitative estimate of drug-likeness (QED) is 0.800. The predicted molar refractivity (Wildman–Crippen MR) is 102 cm³/mol. The van der Waals surface area contributed by atoms with Crippen LogP contribution in [-0.4, -0.2) is 48.6 Å². The molecule has 0 bridgehead atoms. The van der Waals surface area contributed by atoms with Crippen LogP contribution in [0.3, 0.4) is 0 Å². The number of benzene rings is 1. The van der Waals surface area contributed by atoms with Crippen molar-refractivity contribution in [2.75, 3.05) is 32.7 Å². The first-order valence-corrected chi connectivity index (χ1v) is 9.30. The molecule has 0 spiro atoms. The van der Waals surface area contributed by atoms with Gasteiger partial charge in [-0.15, -0.1) is 0 Å². The molecule has 0 unspecified atom stereocenters. The lowest BCUT2D eigenvalue weighted by Crippen LogP contribution is -2.45. The fraction of sp³-hybridized carbons (Fsp3) is 0.450. The Labute approximate surface area is 155 Å². The second kappa shape index (κ2) is 9.40. The van der Waals surface area contributed by atoms with Crippen LogP contribution >= 0.6 is 0 Å². The van der Waals surface area contributed by atoms with Gasteiger partial charge in [-0.1, -0.05) is 31.2 Å². The van der Waals surface area contributed by atoms with Gasteiger partial charge in [-0.25, -0.2) is 4.79 Å². The van der Waals surface area contributed by atoms with Crippen molar-refractivity contribution in [2.45, 2.75) is 26.6 Å². The Morgan fingerprint density at radius 3 is 2.35 bits per heavy atom. The summed E-state index contributed by atoms with van der Waals surface area (Å²) in [5.41, 5.74) is 2.45. The summed E-state index contributed by atoms with van der Waals surface area (Å²) in [4.78, 5) is 17.0. The molecule has 1 aromatic heterocycles. The lowest BCUT2D eigenvalue weighted by Gasteiger charge is -2.34. The highest BCUT2D eigenvalue weighted by molar-refractivity contribution is 5.73. The largest absolute Gasteiger partial charge is 0.467 e. The molecule has 6 nitrogen and oxygen atoms in total. The van der Waals surface area contributed by atoms with Crippen LogP contribution in [0.5, 0.6) is 0 Å². The predicted octanol–water partition coefficient (Wildman–Crippen LogP) is 2.42. The van der Waals surface area contributed by atoms with Crippen molar-refractivity contribution < 1.29 is 9.21 Å². The zero-order chi connectivity index (χ0) is 18.2. The molecule has 2 aromatic rings. The summed E-state index contributed by atoms with van der Waals surface area (Å²) in [5.74, 6) is 0.742. The zero-order valence-electron chi connectivity index (χ0n) is 15.4. The number of urea groups is 1. The van der Waals surface area contributed by atoms with Crippen LogP contribution in [0.4, 0.5) is 4.79 Å². The Morgan fingerprint density at radius 2 is 1.65 bits per heavy atom. The maximum atomic E-state index is 12.0. The third kappa shape index (κ3) is 5.34. The summed E-state index contributed by atoms with van der Waals surface area (Å²) in [6.07, 6.45) is 1.60. The lowest BCUT2D eigenvalue weighted by molar-refractivity contribution is 0.131. The number of likely N-dealkylation sites (N-methyl/N-ethyl adjacent to an activating group) is 1. The van der Waals surface area contributed by atoms with Crippen LogP contribution in [0.1, 0.15) is 23.8 Å². The highest BCUT2D eigenvalue weighted by atomic mass is 16.3. The molecular formula is C20H28N4O2. The Bertz CT molecular complexity index is 679. The second-order valence-electron chi connectivity index (χ2n) is 6.59. The van der Waals surface area contributed by atoms with Gasteiger partial charge in [0.1, 0.15) is 5.76 Å². The van der Waals surface area contributed by atoms with Crippen molar-refractivity contribution in [1.29, 1.82) is 0 Å². The van der Waals surface area contributed by atoms with E-state index in [0.29, 0.717) is 13.1 Å². The highest BCUT2D eigenvalue weighted by Gasteiger charge is 2.16. The van der Waals surface area contributed by atoms with E-state index in [1.807, 2.05) is 18.2 Å². The number of furan rings is 1. The number of carbonyl (C=O) groups excluding carboxylic acids is 1. The van der Waals surface area contributed by atoms with Gasteiger partial charge in [-0.3, -0.25) is 4.90 Å². The molecule has 0 aliphatic carbocycles. The Morgan fingerprint density at radius 1 is 0.962 bits per heavy atom. The third-order valence-corrected chi connectivity index (χ3v) is 4.87. The number of hydrogen-bond acceptors (Lipinski definition) is 4. The zero-order valence-corrected chi connectivity index (χ0v) is 15.4. The smallest absolute Gasteiger partial charge is 0.315 e. The van der Waals surface area contributed by atoms with Gasteiger partial charge >= 0.3 is 6.03 Å². The van der Waals surface area contributed by atoms with Crippen LogP contribution in [0, 0.1) is 0 Å². The van der Waals surface area contributed by atoms with Crippen molar-refractivity contribution in [1.82, 2.24) is 20.4 Å². The maximum absolute atomic E-state index is 12.0. The SMILES string of the molecule is CCN1CCN(Cc2ccccc2CNC(=O)NCc2ccco2)CC1. The minimum atomic E-state index is -0.187. The van der Waals surface area contributed by atoms with Gasteiger partial charge in [0.2, 0.25) is 0 Å². The van der Waals surface area contributed by atoms with Gasteiger partial charge in [0, 0.05) is 39.3 Å². The molecule has 26 heavy (non-hydrogen) atoms. The highest BCUT2D eigenvalue weighted by Crippen LogP contribution is 2.13. The van der Waals surface area contributed by atoms with Gasteiger partial charge in [-0.2, -0.15) is 0 Å². The number of rotatable bonds is 7. The van der Waals surface area contributed by atoms with Gasteiger partial charge in [0.25, 0.3) is 0 Å². The summed E-state index contributed by atoms with van der Waals surface area (Å²) in [5, 5.41) is 5.74. The molecule has 1 saturated heterocycles. The molecule has 1 aliphatic rings. The number of hydrogen-bond donors (Lipinski definition) is 2. The van der Waals surface area contributed by atoms with E-state index in [2.05, 4.69) is 45.6 Å². The first-order valence-electron chi connectivity index (χ1n) is 9.30. The summed E-state index contributed by atoms with van der Waals surface area (Å²) < 4.78 is 5.21. The molecule has 1 fully saturated rings. The average Bonchev–Trinajstić information content (AvgIpc) is 3.20. The summed E-state index contributed by atoms with van der Waals surface area (Å²) >= 11 is 0. The Hall–Kier alpha value is -2.31. The third-order valence-electron chi connectivity index (χ3n) is 4.87. The molecule has 1 aliphatic heterocycles. The second-order valence-corrected chi connectivity index (χ2v) is 6.59. The van der Waals surface area contributed by atoms with E-state index in [1.54, 1.807) is 6.26 Å². The van der Waals surface area contributed by atoms with Crippen molar-refractivity contribution >= 4 is 6.03 Å². The molecule has 0 saturated carbocycles. The van der Waals surface area contributed by atoms with Crippen molar-refractivity contribution in [2.24, 2.45) is 0 Å². The number of piperazine rings is 1.